The average molecular weight is 963 g/mol. The van der Waals surface area contributed by atoms with Gasteiger partial charge in [0, 0.05) is 6.07 Å². The molecule has 0 amide bonds. The van der Waals surface area contributed by atoms with Gasteiger partial charge in [0.2, 0.25) is 0 Å². The molecule has 4 aromatic rings. The molecule has 0 atom stereocenters. The zero-order chi connectivity index (χ0) is 46.5. The largest absolute Gasteiger partial charge is 2.00 e. The van der Waals surface area contributed by atoms with Crippen LogP contribution in [0.2, 0.25) is 0 Å². The second-order valence-corrected chi connectivity index (χ2v) is 19.7. The summed E-state index contributed by atoms with van der Waals surface area (Å²) in [6.45, 7) is 4.49. The molecule has 2 N–H and O–H groups in total. The third kappa shape index (κ3) is 24.7. The number of hydrogen-bond acceptors (Lipinski definition) is 9. The molecule has 13 heteroatoms. The maximum Gasteiger partial charge on any atom is 2.00 e. The van der Waals surface area contributed by atoms with Crippen LogP contribution in [0.3, 0.4) is 0 Å². The first-order chi connectivity index (χ1) is 30.8. The van der Waals surface area contributed by atoms with Crippen molar-refractivity contribution in [1.82, 2.24) is 0 Å². The van der Waals surface area contributed by atoms with E-state index in [1.165, 1.54) is 171 Å². The van der Waals surface area contributed by atoms with Crippen molar-refractivity contribution in [3.8, 4) is 34.5 Å². The number of unbranched alkanes of at least 4 members (excludes halogenated alkanes) is 22. The summed E-state index contributed by atoms with van der Waals surface area (Å²) in [6.07, 6.45) is 31.7. The average Bonchev–Trinajstić information content (AvgIpc) is 3.26. The van der Waals surface area contributed by atoms with Crippen LogP contribution in [0.5, 0.6) is 34.5 Å². The van der Waals surface area contributed by atoms with Crippen LogP contribution in [0.1, 0.15) is 179 Å². The number of rotatable bonds is 32. The molecule has 4 aromatic carbocycles. The SMILES string of the molecule is CCCCCCCCCCCCCCc1ccc(S(=O)(=O)O)cc1Oc1ccccc1O.CCCCCCCCCCCCCCc1ccc(S(=O)(=O)[O-])cc1Oc1ccccc1[O-].[Ca+2]. The van der Waals surface area contributed by atoms with E-state index in [0.717, 1.165) is 43.2 Å². The van der Waals surface area contributed by atoms with Gasteiger partial charge < -0.3 is 24.2 Å². The zero-order valence-electron chi connectivity index (χ0n) is 39.2. The predicted octanol–water partition coefficient (Wildman–Crippen LogP) is 14.0. The Morgan fingerprint density at radius 3 is 1.22 bits per heavy atom. The summed E-state index contributed by atoms with van der Waals surface area (Å²) < 4.78 is 78.2. The third-order valence-corrected chi connectivity index (χ3v) is 13.1. The predicted molar refractivity (Wildman–Crippen MR) is 260 cm³/mol. The van der Waals surface area contributed by atoms with Crippen LogP contribution in [0.25, 0.3) is 0 Å². The third-order valence-electron chi connectivity index (χ3n) is 11.4. The van der Waals surface area contributed by atoms with Crippen molar-refractivity contribution < 1.29 is 45.6 Å². The first kappa shape index (κ1) is 58.3. The van der Waals surface area contributed by atoms with E-state index in [1.807, 2.05) is 0 Å². The Morgan fingerprint density at radius 1 is 0.462 bits per heavy atom. The molecular formula is C52H74CaO10S2. The molecule has 356 valence electrons. The van der Waals surface area contributed by atoms with Gasteiger partial charge in [-0.3, -0.25) is 4.55 Å². The van der Waals surface area contributed by atoms with Gasteiger partial charge in [-0.15, -0.1) is 0 Å². The molecule has 0 spiro atoms. The fraction of sp³-hybridized carbons (Fsp3) is 0.538. The van der Waals surface area contributed by atoms with E-state index in [0.29, 0.717) is 12.2 Å². The van der Waals surface area contributed by atoms with E-state index in [4.69, 9.17) is 9.47 Å². The molecule has 0 fully saturated rings. The van der Waals surface area contributed by atoms with Crippen LogP contribution in [0, 0.1) is 0 Å². The van der Waals surface area contributed by atoms with E-state index in [-0.39, 0.29) is 76.3 Å². The number of phenolic OH excluding ortho intramolecular Hbond substituents is 1. The Morgan fingerprint density at radius 2 is 0.815 bits per heavy atom. The normalized spacial score (nSPS) is 11.4. The van der Waals surface area contributed by atoms with Crippen molar-refractivity contribution in [3.63, 3.8) is 0 Å². The summed E-state index contributed by atoms with van der Waals surface area (Å²) in [5.41, 5.74) is 1.65. The Bertz CT molecular complexity index is 1970. The van der Waals surface area contributed by atoms with Gasteiger partial charge >= 0.3 is 37.7 Å². The van der Waals surface area contributed by atoms with Crippen LogP contribution in [-0.4, -0.2) is 68.8 Å². The Labute approximate surface area is 421 Å². The molecule has 0 unspecified atom stereocenters. The molecule has 0 heterocycles. The van der Waals surface area contributed by atoms with Crippen molar-refractivity contribution in [3.05, 3.63) is 96.1 Å². The molecule has 4 rings (SSSR count). The minimum Gasteiger partial charge on any atom is -0.870 e. The topological polar surface area (TPSA) is 173 Å². The minimum atomic E-state index is -4.60. The Kier molecular flexibility index (Phi) is 30.1. The van der Waals surface area contributed by atoms with Gasteiger partial charge in [0.1, 0.15) is 27.4 Å². The summed E-state index contributed by atoms with van der Waals surface area (Å²) in [7, 11) is -8.93. The fourth-order valence-corrected chi connectivity index (χ4v) is 8.60. The van der Waals surface area contributed by atoms with Gasteiger partial charge in [-0.1, -0.05) is 203 Å². The molecule has 0 bridgehead atoms. The molecule has 0 aliphatic carbocycles. The molecular weight excluding hydrogens is 889 g/mol. The smallest absolute Gasteiger partial charge is 0.870 e. The second-order valence-electron chi connectivity index (χ2n) is 16.9. The maximum absolute atomic E-state index is 12.0. The van der Waals surface area contributed by atoms with E-state index in [9.17, 15) is 36.2 Å². The van der Waals surface area contributed by atoms with Gasteiger partial charge in [0.05, 0.1) is 9.79 Å². The number of aromatic hydroxyl groups is 1. The van der Waals surface area contributed by atoms with E-state index >= 15 is 0 Å². The minimum absolute atomic E-state index is 0. The van der Waals surface area contributed by atoms with Gasteiger partial charge in [-0.05, 0) is 73.2 Å². The van der Waals surface area contributed by atoms with Crippen molar-refractivity contribution in [2.24, 2.45) is 0 Å². The quantitative estimate of drug-likeness (QED) is 0.0272. The summed E-state index contributed by atoms with van der Waals surface area (Å²) in [5.74, 6) is 0.637. The molecule has 0 saturated carbocycles. The van der Waals surface area contributed by atoms with Gasteiger partial charge in [0.15, 0.2) is 11.5 Å². The van der Waals surface area contributed by atoms with Crippen LogP contribution < -0.4 is 14.6 Å². The molecule has 0 aliphatic heterocycles. The van der Waals surface area contributed by atoms with E-state index < -0.39 is 20.2 Å². The Balaban J connectivity index is 0.000000440. The van der Waals surface area contributed by atoms with Gasteiger partial charge in [0.25, 0.3) is 10.1 Å². The van der Waals surface area contributed by atoms with Crippen molar-refractivity contribution in [2.75, 3.05) is 0 Å². The van der Waals surface area contributed by atoms with Crippen LogP contribution in [-0.2, 0) is 33.1 Å². The fourth-order valence-electron chi connectivity index (χ4n) is 7.62. The van der Waals surface area contributed by atoms with E-state index in [1.54, 1.807) is 42.5 Å². The van der Waals surface area contributed by atoms with Crippen LogP contribution in [0.4, 0.5) is 0 Å². The molecule has 0 aliphatic rings. The molecule has 0 saturated heterocycles. The number of benzene rings is 4. The number of aryl methyl sites for hydroxylation is 2. The number of ether oxygens (including phenoxy) is 2. The standard InChI is InChI=1S/2C26H38O5S.Ca/c2*1-2-3-4-5-6-7-8-9-10-11-12-13-16-22-19-20-23(32(28,29)30)21-26(22)31-25-18-15-14-17-24(25)27;/h2*14-15,17-21,27H,2-13,16H2,1H3,(H,28,29,30);/q;;+2/p-2. The molecule has 10 nitrogen and oxygen atoms in total. The number of hydrogen-bond donors (Lipinski definition) is 2. The number of para-hydroxylation sites is 4. The van der Waals surface area contributed by atoms with Crippen molar-refractivity contribution in [1.29, 1.82) is 0 Å². The Hall–Kier alpha value is -2.84. The molecule has 0 radical (unpaired) electrons. The maximum atomic E-state index is 12.0. The summed E-state index contributed by atoms with van der Waals surface area (Å²) in [5, 5.41) is 22.0. The monoisotopic (exact) mass is 962 g/mol. The van der Waals surface area contributed by atoms with Crippen LogP contribution >= 0.6 is 0 Å². The van der Waals surface area contributed by atoms with Crippen molar-refractivity contribution >= 4 is 58.0 Å². The molecule has 0 aromatic heterocycles. The van der Waals surface area contributed by atoms with Crippen molar-refractivity contribution in [2.45, 2.75) is 191 Å². The van der Waals surface area contributed by atoms with Gasteiger partial charge in [-0.2, -0.15) is 8.42 Å². The molecule has 65 heavy (non-hydrogen) atoms. The number of phenols is 1. The van der Waals surface area contributed by atoms with Gasteiger partial charge in [-0.25, -0.2) is 8.42 Å². The van der Waals surface area contributed by atoms with Crippen LogP contribution in [0.15, 0.2) is 94.7 Å². The first-order valence-corrected chi connectivity index (χ1v) is 26.8. The summed E-state index contributed by atoms with van der Waals surface area (Å²) in [4.78, 5) is -0.573. The summed E-state index contributed by atoms with van der Waals surface area (Å²) in [6, 6.07) is 21.3. The van der Waals surface area contributed by atoms with E-state index in [2.05, 4.69) is 13.8 Å². The summed E-state index contributed by atoms with van der Waals surface area (Å²) >= 11 is 0. The first-order valence-electron chi connectivity index (χ1n) is 23.9. The second kappa shape index (κ2) is 33.6. The zero-order valence-corrected chi connectivity index (χ0v) is 43.0.